The van der Waals surface area contributed by atoms with Crippen molar-refractivity contribution in [3.05, 3.63) is 52.8 Å². The molecule has 2 aromatic carbocycles. The molecular formula is C15H14ClFN2O2. The molecule has 6 heteroatoms. The Bertz CT molecular complexity index is 677. The van der Waals surface area contributed by atoms with Gasteiger partial charge in [0.15, 0.2) is 11.6 Å². The number of hydrogen-bond acceptors (Lipinski definition) is 3. The molecule has 0 spiro atoms. The highest BCUT2D eigenvalue weighted by Crippen LogP contribution is 2.28. The molecule has 0 bridgehead atoms. The lowest BCUT2D eigenvalue weighted by molar-refractivity contribution is 0.102. The second kappa shape index (κ2) is 6.45. The molecule has 0 saturated heterocycles. The van der Waals surface area contributed by atoms with Crippen molar-refractivity contribution in [3.8, 4) is 5.75 Å². The average Bonchev–Trinajstić information content (AvgIpc) is 2.46. The number of nitrogen functional groups attached to an aromatic ring is 1. The minimum Gasteiger partial charge on any atom is -0.491 e. The normalized spacial score (nSPS) is 10.2. The van der Waals surface area contributed by atoms with E-state index >= 15 is 0 Å². The van der Waals surface area contributed by atoms with E-state index in [9.17, 15) is 9.18 Å². The van der Waals surface area contributed by atoms with E-state index in [0.29, 0.717) is 12.3 Å². The van der Waals surface area contributed by atoms with Gasteiger partial charge in [-0.3, -0.25) is 4.79 Å². The third kappa shape index (κ3) is 3.25. The van der Waals surface area contributed by atoms with Crippen molar-refractivity contribution in [3.63, 3.8) is 0 Å². The predicted octanol–water partition coefficient (Wildman–Crippen LogP) is 3.71. The molecule has 21 heavy (non-hydrogen) atoms. The highest BCUT2D eigenvalue weighted by Gasteiger charge is 2.17. The molecule has 0 unspecified atom stereocenters. The number of benzene rings is 2. The second-order valence-electron chi connectivity index (χ2n) is 4.21. The number of carbonyl (C=O) groups excluding carboxylic acids is 1. The number of anilines is 2. The summed E-state index contributed by atoms with van der Waals surface area (Å²) in [6.07, 6.45) is 0. The lowest BCUT2D eigenvalue weighted by Crippen LogP contribution is -2.15. The van der Waals surface area contributed by atoms with Gasteiger partial charge in [-0.2, -0.15) is 0 Å². The van der Waals surface area contributed by atoms with Crippen LogP contribution in [0.15, 0.2) is 36.4 Å². The topological polar surface area (TPSA) is 64.3 Å². The van der Waals surface area contributed by atoms with Crippen LogP contribution in [0.5, 0.6) is 5.75 Å². The number of nitrogens with one attached hydrogen (secondary N) is 1. The Kier molecular flexibility index (Phi) is 4.65. The number of amides is 1. The highest BCUT2D eigenvalue weighted by atomic mass is 35.5. The molecule has 3 N–H and O–H groups in total. The molecule has 0 saturated carbocycles. The van der Waals surface area contributed by atoms with Gasteiger partial charge >= 0.3 is 0 Å². The summed E-state index contributed by atoms with van der Waals surface area (Å²) in [6, 6.07) is 9.18. The molecular weight excluding hydrogens is 295 g/mol. The van der Waals surface area contributed by atoms with Crippen LogP contribution in [0, 0.1) is 5.82 Å². The smallest absolute Gasteiger partial charge is 0.259 e. The van der Waals surface area contributed by atoms with E-state index in [1.807, 2.05) is 0 Å². The van der Waals surface area contributed by atoms with Gasteiger partial charge in [0.1, 0.15) is 0 Å². The minimum atomic E-state index is -0.686. The monoisotopic (exact) mass is 308 g/mol. The Morgan fingerprint density at radius 1 is 1.33 bits per heavy atom. The Balaban J connectivity index is 2.33. The number of ether oxygens (including phenoxy) is 1. The number of rotatable bonds is 4. The van der Waals surface area contributed by atoms with E-state index in [1.165, 1.54) is 12.1 Å². The van der Waals surface area contributed by atoms with Crippen LogP contribution >= 0.6 is 11.6 Å². The molecule has 0 atom stereocenters. The molecule has 0 aliphatic heterocycles. The van der Waals surface area contributed by atoms with Gasteiger partial charge in [-0.05, 0) is 31.2 Å². The second-order valence-corrected chi connectivity index (χ2v) is 4.62. The van der Waals surface area contributed by atoms with Gasteiger partial charge < -0.3 is 15.8 Å². The maximum Gasteiger partial charge on any atom is 0.259 e. The first kappa shape index (κ1) is 15.1. The van der Waals surface area contributed by atoms with Crippen LogP contribution in [0.3, 0.4) is 0 Å². The number of carbonyl (C=O) groups is 1. The van der Waals surface area contributed by atoms with Crippen molar-refractivity contribution in [1.29, 1.82) is 0 Å². The Labute approximate surface area is 126 Å². The zero-order valence-corrected chi connectivity index (χ0v) is 12.1. The van der Waals surface area contributed by atoms with Gasteiger partial charge in [-0.15, -0.1) is 0 Å². The molecule has 0 fully saturated rings. The van der Waals surface area contributed by atoms with Crippen molar-refractivity contribution < 1.29 is 13.9 Å². The lowest BCUT2D eigenvalue weighted by atomic mass is 10.1. The van der Waals surface area contributed by atoms with E-state index in [4.69, 9.17) is 22.1 Å². The van der Waals surface area contributed by atoms with E-state index in [0.717, 1.165) is 0 Å². The Morgan fingerprint density at radius 3 is 2.76 bits per heavy atom. The van der Waals surface area contributed by atoms with Crippen LogP contribution in [-0.4, -0.2) is 12.5 Å². The average molecular weight is 309 g/mol. The predicted molar refractivity (Wildman–Crippen MR) is 81.4 cm³/mol. The fourth-order valence-electron chi connectivity index (χ4n) is 1.83. The van der Waals surface area contributed by atoms with Gasteiger partial charge in [-0.1, -0.05) is 23.7 Å². The molecule has 2 aromatic rings. The summed E-state index contributed by atoms with van der Waals surface area (Å²) in [5.74, 6) is -0.929. The van der Waals surface area contributed by atoms with Crippen LogP contribution in [-0.2, 0) is 0 Å². The number of hydrogen-bond donors (Lipinski definition) is 2. The summed E-state index contributed by atoms with van der Waals surface area (Å²) in [4.78, 5) is 12.3. The van der Waals surface area contributed by atoms with Crippen LogP contribution < -0.4 is 15.8 Å². The number of para-hydroxylation sites is 1. The molecule has 0 radical (unpaired) electrons. The van der Waals surface area contributed by atoms with Crippen LogP contribution in [0.4, 0.5) is 15.8 Å². The molecule has 4 nitrogen and oxygen atoms in total. The minimum absolute atomic E-state index is 0.00243. The van der Waals surface area contributed by atoms with E-state index < -0.39 is 11.7 Å². The Hall–Kier alpha value is -2.27. The van der Waals surface area contributed by atoms with Crippen molar-refractivity contribution in [2.24, 2.45) is 0 Å². The quantitative estimate of drug-likeness (QED) is 0.846. The molecule has 0 heterocycles. The molecule has 2 rings (SSSR count). The van der Waals surface area contributed by atoms with Gasteiger partial charge in [0.25, 0.3) is 5.91 Å². The Morgan fingerprint density at radius 2 is 2.05 bits per heavy atom. The summed E-state index contributed by atoms with van der Waals surface area (Å²) in [6.45, 7) is 2.14. The van der Waals surface area contributed by atoms with Gasteiger partial charge in [0.05, 0.1) is 28.6 Å². The molecule has 0 aromatic heterocycles. The lowest BCUT2D eigenvalue weighted by Gasteiger charge is -2.13. The zero-order valence-electron chi connectivity index (χ0n) is 11.3. The van der Waals surface area contributed by atoms with Gasteiger partial charge in [0, 0.05) is 0 Å². The fourth-order valence-corrected chi connectivity index (χ4v) is 2.00. The fraction of sp³-hybridized carbons (Fsp3) is 0.133. The van der Waals surface area contributed by atoms with Crippen molar-refractivity contribution in [2.75, 3.05) is 17.7 Å². The molecule has 110 valence electrons. The third-order valence-corrected chi connectivity index (χ3v) is 3.07. The van der Waals surface area contributed by atoms with Gasteiger partial charge in [-0.25, -0.2) is 4.39 Å². The summed E-state index contributed by atoms with van der Waals surface area (Å²) >= 11 is 5.68. The highest BCUT2D eigenvalue weighted by molar-refractivity contribution is 6.31. The number of nitrogens with two attached hydrogens (primary N) is 1. The first-order valence-electron chi connectivity index (χ1n) is 6.31. The standard InChI is InChI=1S/C15H14ClFN2O2/c1-2-21-14-9(5-3-7-11(14)18)15(20)19-12-8-4-6-10(16)13(12)17/h3-8H,2,18H2,1H3,(H,19,20). The molecule has 0 aliphatic carbocycles. The van der Waals surface area contributed by atoms with Crippen LogP contribution in [0.2, 0.25) is 5.02 Å². The van der Waals surface area contributed by atoms with Crippen LogP contribution in [0.25, 0.3) is 0 Å². The summed E-state index contributed by atoms with van der Waals surface area (Å²) < 4.78 is 19.2. The molecule has 1 amide bonds. The SMILES string of the molecule is CCOc1c(N)cccc1C(=O)Nc1cccc(Cl)c1F. The van der Waals surface area contributed by atoms with Crippen molar-refractivity contribution in [2.45, 2.75) is 6.92 Å². The maximum absolute atomic E-state index is 13.8. The van der Waals surface area contributed by atoms with E-state index in [-0.39, 0.29) is 22.0 Å². The summed E-state index contributed by atoms with van der Waals surface area (Å²) in [5, 5.41) is 2.39. The van der Waals surface area contributed by atoms with E-state index in [2.05, 4.69) is 5.32 Å². The van der Waals surface area contributed by atoms with Crippen molar-refractivity contribution >= 4 is 28.9 Å². The van der Waals surface area contributed by atoms with Gasteiger partial charge in [0.2, 0.25) is 0 Å². The zero-order chi connectivity index (χ0) is 15.4. The van der Waals surface area contributed by atoms with E-state index in [1.54, 1.807) is 31.2 Å². The summed E-state index contributed by atoms with van der Waals surface area (Å²) in [5.41, 5.74) is 6.37. The summed E-state index contributed by atoms with van der Waals surface area (Å²) in [7, 11) is 0. The first-order chi connectivity index (χ1) is 10.0. The molecule has 0 aliphatic rings. The van der Waals surface area contributed by atoms with Crippen molar-refractivity contribution in [1.82, 2.24) is 0 Å². The first-order valence-corrected chi connectivity index (χ1v) is 6.69. The third-order valence-electron chi connectivity index (χ3n) is 2.78. The number of halogens is 2. The largest absolute Gasteiger partial charge is 0.491 e. The maximum atomic E-state index is 13.8. The van der Waals surface area contributed by atoms with Crippen LogP contribution in [0.1, 0.15) is 17.3 Å².